The third-order valence-corrected chi connectivity index (χ3v) is 9.30. The van der Waals surface area contributed by atoms with E-state index in [1.807, 2.05) is 46.0 Å². The van der Waals surface area contributed by atoms with Crippen molar-refractivity contribution in [1.82, 2.24) is 10.2 Å². The van der Waals surface area contributed by atoms with Gasteiger partial charge in [0.2, 0.25) is 0 Å². The summed E-state index contributed by atoms with van der Waals surface area (Å²) in [5.74, 6) is -1.58. The van der Waals surface area contributed by atoms with Gasteiger partial charge in [-0.05, 0) is 51.8 Å². The number of hydrogen-bond acceptors (Lipinski definition) is 11. The number of carbonyl (C=O) groups excluding carboxylic acids is 3. The minimum absolute atomic E-state index is 0.0207. The van der Waals surface area contributed by atoms with Crippen LogP contribution in [0.2, 0.25) is 0 Å². The van der Waals surface area contributed by atoms with Crippen LogP contribution in [0.5, 0.6) is 0 Å². The monoisotopic (exact) mass is 680 g/mol. The SMILES string of the molecule is CCC(OC)C(C)C1OC1C(OC(=O)N(C)CCNC)C(C)/C=C/C=C(\C)C1OC(=O)CC(O)CCC(C)(O)C(OC(C)=O)/C=C/C1C. The molecule has 0 radical (unpaired) electrons. The first-order valence-corrected chi connectivity index (χ1v) is 17.1. The van der Waals surface area contributed by atoms with Crippen molar-refractivity contribution >= 4 is 18.0 Å². The zero-order valence-corrected chi connectivity index (χ0v) is 30.5. The molecule has 2 aliphatic rings. The zero-order chi connectivity index (χ0) is 36.2. The number of epoxide rings is 1. The molecule has 0 aromatic rings. The van der Waals surface area contributed by atoms with Crippen molar-refractivity contribution in [1.29, 1.82) is 0 Å². The number of likely N-dealkylation sites (N-methyl/N-ethyl adjacent to an activating group) is 2. The number of aliphatic hydroxyl groups excluding tert-OH is 1. The number of ether oxygens (including phenoxy) is 5. The van der Waals surface area contributed by atoms with E-state index in [-0.39, 0.29) is 55.3 Å². The van der Waals surface area contributed by atoms with Crippen LogP contribution in [0.3, 0.4) is 0 Å². The number of nitrogens with zero attached hydrogens (tertiary/aromatic N) is 1. The molecule has 0 spiro atoms. The van der Waals surface area contributed by atoms with Crippen LogP contribution in [-0.4, -0.2) is 116 Å². The van der Waals surface area contributed by atoms with Crippen molar-refractivity contribution in [2.45, 2.75) is 122 Å². The molecule has 1 fully saturated rings. The lowest BCUT2D eigenvalue weighted by Crippen LogP contribution is -2.42. The van der Waals surface area contributed by atoms with Gasteiger partial charge in [0, 0.05) is 51.9 Å². The molecule has 0 bridgehead atoms. The van der Waals surface area contributed by atoms with Gasteiger partial charge >= 0.3 is 18.0 Å². The van der Waals surface area contributed by atoms with Gasteiger partial charge < -0.3 is 44.1 Å². The minimum Gasteiger partial charge on any atom is -0.457 e. The smallest absolute Gasteiger partial charge is 0.409 e. The summed E-state index contributed by atoms with van der Waals surface area (Å²) in [5.41, 5.74) is -0.720. The Bertz CT molecular complexity index is 1130. The molecule has 1 saturated heterocycles. The van der Waals surface area contributed by atoms with E-state index < -0.39 is 48.0 Å². The van der Waals surface area contributed by atoms with Crippen LogP contribution < -0.4 is 5.32 Å². The van der Waals surface area contributed by atoms with E-state index in [0.717, 1.165) is 12.0 Å². The first kappa shape index (κ1) is 41.4. The maximum absolute atomic E-state index is 13.0. The fourth-order valence-electron chi connectivity index (χ4n) is 6.06. The maximum Gasteiger partial charge on any atom is 0.409 e. The molecule has 2 aliphatic heterocycles. The lowest BCUT2D eigenvalue weighted by Gasteiger charge is -2.32. The second-order valence-corrected chi connectivity index (χ2v) is 13.6. The molecule has 12 nitrogen and oxygen atoms in total. The topological polar surface area (TPSA) is 156 Å². The third-order valence-electron chi connectivity index (χ3n) is 9.30. The van der Waals surface area contributed by atoms with Gasteiger partial charge in [-0.15, -0.1) is 0 Å². The van der Waals surface area contributed by atoms with Gasteiger partial charge in [0.1, 0.15) is 30.0 Å². The second-order valence-electron chi connectivity index (χ2n) is 13.6. The Morgan fingerprint density at radius 3 is 2.52 bits per heavy atom. The number of esters is 2. The van der Waals surface area contributed by atoms with Crippen LogP contribution in [0.4, 0.5) is 4.79 Å². The van der Waals surface area contributed by atoms with Gasteiger partial charge in [0.25, 0.3) is 0 Å². The number of amides is 1. The molecule has 48 heavy (non-hydrogen) atoms. The van der Waals surface area contributed by atoms with E-state index in [9.17, 15) is 24.6 Å². The predicted octanol–water partition coefficient (Wildman–Crippen LogP) is 3.94. The maximum atomic E-state index is 13.0. The van der Waals surface area contributed by atoms with E-state index in [2.05, 4.69) is 19.2 Å². The molecule has 3 N–H and O–H groups in total. The number of cyclic esters (lactones) is 1. The number of nitrogens with one attached hydrogen (secondary N) is 1. The molecule has 2 heterocycles. The lowest BCUT2D eigenvalue weighted by molar-refractivity contribution is -0.157. The van der Waals surface area contributed by atoms with Crippen LogP contribution in [-0.2, 0) is 33.3 Å². The number of aliphatic hydroxyl groups is 2. The Kier molecular flexibility index (Phi) is 16.8. The Balaban J connectivity index is 2.32. The molecule has 0 saturated carbocycles. The van der Waals surface area contributed by atoms with E-state index in [0.29, 0.717) is 13.1 Å². The molecule has 0 aromatic carbocycles. The summed E-state index contributed by atoms with van der Waals surface area (Å²) in [6, 6.07) is 0. The van der Waals surface area contributed by atoms with E-state index in [1.165, 1.54) is 11.8 Å². The highest BCUT2D eigenvalue weighted by Gasteiger charge is 2.52. The molecule has 1 amide bonds. The number of allylic oxidation sites excluding steroid dienone is 2. The molecule has 274 valence electrons. The summed E-state index contributed by atoms with van der Waals surface area (Å²) in [6.07, 6.45) is 5.78. The number of rotatable bonds is 14. The Morgan fingerprint density at radius 1 is 1.23 bits per heavy atom. The lowest BCUT2D eigenvalue weighted by atomic mass is 9.88. The first-order chi connectivity index (χ1) is 22.6. The van der Waals surface area contributed by atoms with Crippen molar-refractivity contribution in [3.8, 4) is 0 Å². The van der Waals surface area contributed by atoms with Crippen LogP contribution in [0.25, 0.3) is 0 Å². The van der Waals surface area contributed by atoms with Gasteiger partial charge in [-0.3, -0.25) is 9.59 Å². The van der Waals surface area contributed by atoms with Crippen molar-refractivity contribution < 1.29 is 48.3 Å². The quantitative estimate of drug-likeness (QED) is 0.0803. The van der Waals surface area contributed by atoms with Crippen LogP contribution in [0.15, 0.2) is 36.0 Å². The molecular formula is C36H60N2O10. The van der Waals surface area contributed by atoms with Gasteiger partial charge in [-0.2, -0.15) is 0 Å². The molecule has 11 unspecified atom stereocenters. The summed E-state index contributed by atoms with van der Waals surface area (Å²) in [4.78, 5) is 39.2. The molecule has 0 aliphatic carbocycles. The van der Waals surface area contributed by atoms with Gasteiger partial charge in [0.15, 0.2) is 0 Å². The average molecular weight is 681 g/mol. The summed E-state index contributed by atoms with van der Waals surface area (Å²) in [7, 11) is 5.21. The van der Waals surface area contributed by atoms with E-state index in [1.54, 1.807) is 33.2 Å². The van der Waals surface area contributed by atoms with E-state index in [4.69, 9.17) is 23.7 Å². The normalized spacial score (nSPS) is 31.8. The van der Waals surface area contributed by atoms with E-state index >= 15 is 0 Å². The van der Waals surface area contributed by atoms with Crippen LogP contribution in [0.1, 0.15) is 74.1 Å². The fourth-order valence-corrected chi connectivity index (χ4v) is 6.06. The molecular weight excluding hydrogens is 620 g/mol. The summed E-state index contributed by atoms with van der Waals surface area (Å²) in [6.45, 7) is 13.7. The highest BCUT2D eigenvalue weighted by Crippen LogP contribution is 2.39. The van der Waals surface area contributed by atoms with Crippen LogP contribution >= 0.6 is 0 Å². The summed E-state index contributed by atoms with van der Waals surface area (Å²) >= 11 is 0. The highest BCUT2D eigenvalue weighted by atomic mass is 16.6. The second kappa shape index (κ2) is 19.4. The van der Waals surface area contributed by atoms with Gasteiger partial charge in [-0.1, -0.05) is 52.0 Å². The number of methoxy groups -OCH3 is 1. The standard InChI is InChI=1S/C36H60N2O10/c1-11-28(44-10)25(5)33-34(47-33)32(48-35(42)38(9)20-19-37-8)23(3)14-12-13-22(2)31-24(4)15-16-29(45-26(6)39)36(7,43)18-17-27(40)21-30(41)46-31/h12-16,23-25,27-29,31-34,37,40,43H,11,17-21H2,1-10H3/b14-12+,16-15+,22-13+. The predicted molar refractivity (Wildman–Crippen MR) is 182 cm³/mol. The summed E-state index contributed by atoms with van der Waals surface area (Å²) in [5, 5.41) is 24.6. The van der Waals surface area contributed by atoms with Crippen LogP contribution in [0, 0.1) is 17.8 Å². The van der Waals surface area contributed by atoms with Gasteiger partial charge in [0.05, 0.1) is 24.7 Å². The fraction of sp³-hybridized carbons (Fsp3) is 0.750. The largest absolute Gasteiger partial charge is 0.457 e. The third kappa shape index (κ3) is 12.6. The minimum atomic E-state index is -1.45. The average Bonchev–Trinajstić information content (AvgIpc) is 3.82. The zero-order valence-electron chi connectivity index (χ0n) is 30.5. The van der Waals surface area contributed by atoms with Gasteiger partial charge in [-0.25, -0.2) is 4.79 Å². The Labute approximate surface area is 286 Å². The van der Waals surface area contributed by atoms with Crippen molar-refractivity contribution in [3.63, 3.8) is 0 Å². The van der Waals surface area contributed by atoms with Crippen molar-refractivity contribution in [3.05, 3.63) is 36.0 Å². The first-order valence-electron chi connectivity index (χ1n) is 17.1. The van der Waals surface area contributed by atoms with Crippen molar-refractivity contribution in [2.75, 3.05) is 34.3 Å². The molecule has 0 aromatic heterocycles. The molecule has 11 atom stereocenters. The summed E-state index contributed by atoms with van der Waals surface area (Å²) < 4.78 is 29.0. The number of carbonyl (C=O) groups is 3. The molecule has 12 heteroatoms. The Hall–Kier alpha value is -2.77. The number of hydrogen-bond donors (Lipinski definition) is 3. The molecule has 2 rings (SSSR count). The Morgan fingerprint density at radius 2 is 1.92 bits per heavy atom. The highest BCUT2D eigenvalue weighted by molar-refractivity contribution is 5.70. The van der Waals surface area contributed by atoms with Crippen molar-refractivity contribution in [2.24, 2.45) is 17.8 Å².